The number of hydrogen-bond donors (Lipinski definition) is 1. The van der Waals surface area contributed by atoms with Gasteiger partial charge in [0.25, 0.3) is 6.43 Å². The molecular formula is C8H6F5NO2. The summed E-state index contributed by atoms with van der Waals surface area (Å²) in [6.07, 6.45) is -7.91. The first-order valence-corrected chi connectivity index (χ1v) is 3.90. The van der Waals surface area contributed by atoms with Crippen molar-refractivity contribution in [2.24, 2.45) is 0 Å². The Morgan fingerprint density at radius 1 is 1.38 bits per heavy atom. The molecule has 1 heterocycles. The highest BCUT2D eigenvalue weighted by Gasteiger charge is 2.40. The fourth-order valence-electron chi connectivity index (χ4n) is 1.13. The molecule has 0 atom stereocenters. The number of hydrogen-bond acceptors (Lipinski definition) is 3. The van der Waals surface area contributed by atoms with Crippen LogP contribution in [0, 0.1) is 0 Å². The van der Waals surface area contributed by atoms with Crippen LogP contribution in [0.1, 0.15) is 17.7 Å². The molecule has 1 aromatic rings. The monoisotopic (exact) mass is 243 g/mol. The second kappa shape index (κ2) is 4.11. The lowest BCUT2D eigenvalue weighted by Crippen LogP contribution is -2.11. The maximum Gasteiger partial charge on any atom is 0.423 e. The molecule has 1 N–H and O–H groups in total. The summed E-state index contributed by atoms with van der Waals surface area (Å²) >= 11 is 0. The highest BCUT2D eigenvalue weighted by molar-refractivity contribution is 5.47. The molecule has 3 nitrogen and oxygen atoms in total. The normalized spacial score (nSPS) is 11.9. The molecule has 0 fully saturated rings. The minimum absolute atomic E-state index is 0.312. The summed E-state index contributed by atoms with van der Waals surface area (Å²) in [5, 5.41) is 8.96. The lowest BCUT2D eigenvalue weighted by Gasteiger charge is -2.15. The number of methoxy groups -OCH3 is 1. The number of rotatable bonds is 2. The van der Waals surface area contributed by atoms with Crippen LogP contribution in [0.15, 0.2) is 6.20 Å². The van der Waals surface area contributed by atoms with Crippen LogP contribution in [0.4, 0.5) is 22.0 Å². The largest absolute Gasteiger partial charge is 0.506 e. The fourth-order valence-corrected chi connectivity index (χ4v) is 1.13. The predicted octanol–water partition coefficient (Wildman–Crippen LogP) is 2.75. The van der Waals surface area contributed by atoms with Crippen molar-refractivity contribution in [3.63, 3.8) is 0 Å². The Bertz CT molecular complexity index is 391. The van der Waals surface area contributed by atoms with Gasteiger partial charge in [-0.25, -0.2) is 13.8 Å². The van der Waals surface area contributed by atoms with Crippen molar-refractivity contribution >= 4 is 0 Å². The van der Waals surface area contributed by atoms with Crippen LogP contribution < -0.4 is 4.74 Å². The van der Waals surface area contributed by atoms with Crippen molar-refractivity contribution in [3.8, 4) is 11.5 Å². The van der Waals surface area contributed by atoms with Crippen molar-refractivity contribution in [1.82, 2.24) is 4.98 Å². The standard InChI is InChI=1S/C8H6F5NO2/c1-16-6-4(8(11,12)13)3(15)2-14-5(6)7(9)10/h2,7,15H,1H3. The molecule has 1 aromatic heterocycles. The smallest absolute Gasteiger partial charge is 0.423 e. The van der Waals surface area contributed by atoms with E-state index in [-0.39, 0.29) is 0 Å². The van der Waals surface area contributed by atoms with Crippen molar-refractivity contribution in [1.29, 1.82) is 0 Å². The Hall–Kier alpha value is -1.60. The molecule has 0 saturated heterocycles. The minimum Gasteiger partial charge on any atom is -0.506 e. The number of aromatic nitrogens is 1. The van der Waals surface area contributed by atoms with E-state index in [0.717, 1.165) is 7.11 Å². The molecule has 90 valence electrons. The van der Waals surface area contributed by atoms with Crippen LogP contribution in [-0.2, 0) is 6.18 Å². The van der Waals surface area contributed by atoms with Crippen LogP contribution in [0.25, 0.3) is 0 Å². The molecule has 1 rings (SSSR count). The van der Waals surface area contributed by atoms with E-state index >= 15 is 0 Å². The van der Waals surface area contributed by atoms with E-state index in [9.17, 15) is 22.0 Å². The van der Waals surface area contributed by atoms with Gasteiger partial charge in [-0.05, 0) is 0 Å². The van der Waals surface area contributed by atoms with E-state index in [1.807, 2.05) is 0 Å². The van der Waals surface area contributed by atoms with E-state index in [4.69, 9.17) is 5.11 Å². The minimum atomic E-state index is -5.00. The summed E-state index contributed by atoms with van der Waals surface area (Å²) in [6, 6.07) is 0. The van der Waals surface area contributed by atoms with Gasteiger partial charge in [0.05, 0.1) is 13.3 Å². The number of aromatic hydroxyl groups is 1. The lowest BCUT2D eigenvalue weighted by molar-refractivity contribution is -0.140. The number of halogens is 5. The third kappa shape index (κ3) is 2.15. The summed E-state index contributed by atoms with van der Waals surface area (Å²) in [7, 11) is 0.789. The zero-order chi connectivity index (χ0) is 12.5. The molecule has 0 radical (unpaired) electrons. The van der Waals surface area contributed by atoms with E-state index in [1.54, 1.807) is 0 Å². The maximum atomic E-state index is 12.4. The molecule has 0 aliphatic carbocycles. The van der Waals surface area contributed by atoms with Crippen molar-refractivity contribution < 1.29 is 31.8 Å². The SMILES string of the molecule is COc1c(C(F)F)ncc(O)c1C(F)(F)F. The van der Waals surface area contributed by atoms with Gasteiger partial charge in [0.2, 0.25) is 0 Å². The van der Waals surface area contributed by atoms with E-state index < -0.39 is 35.4 Å². The average molecular weight is 243 g/mol. The summed E-state index contributed by atoms with van der Waals surface area (Å²) in [5.41, 5.74) is -2.81. The van der Waals surface area contributed by atoms with Gasteiger partial charge < -0.3 is 9.84 Å². The molecule has 0 aromatic carbocycles. The van der Waals surface area contributed by atoms with Gasteiger partial charge in [-0.15, -0.1) is 0 Å². The van der Waals surface area contributed by atoms with Crippen molar-refractivity contribution in [3.05, 3.63) is 17.5 Å². The lowest BCUT2D eigenvalue weighted by atomic mass is 10.1. The Morgan fingerprint density at radius 3 is 2.31 bits per heavy atom. The molecule has 0 spiro atoms. The van der Waals surface area contributed by atoms with Gasteiger partial charge in [-0.3, -0.25) is 0 Å². The molecule has 16 heavy (non-hydrogen) atoms. The zero-order valence-electron chi connectivity index (χ0n) is 7.85. The van der Waals surface area contributed by atoms with Crippen LogP contribution in [0.5, 0.6) is 11.5 Å². The Labute approximate surface area is 86.5 Å². The average Bonchev–Trinajstić information content (AvgIpc) is 2.14. The van der Waals surface area contributed by atoms with Gasteiger partial charge >= 0.3 is 6.18 Å². The number of alkyl halides is 5. The second-order valence-corrected chi connectivity index (χ2v) is 2.74. The summed E-state index contributed by atoms with van der Waals surface area (Å²) in [6.45, 7) is 0. The topological polar surface area (TPSA) is 42.4 Å². The number of ether oxygens (including phenoxy) is 1. The molecule has 0 aliphatic heterocycles. The first-order chi connectivity index (χ1) is 7.29. The van der Waals surface area contributed by atoms with Crippen LogP contribution in [-0.4, -0.2) is 17.2 Å². The Kier molecular flexibility index (Phi) is 3.20. The molecule has 8 heteroatoms. The molecule has 0 saturated carbocycles. The van der Waals surface area contributed by atoms with Gasteiger partial charge in [0.1, 0.15) is 17.0 Å². The highest BCUT2D eigenvalue weighted by Crippen LogP contribution is 2.44. The highest BCUT2D eigenvalue weighted by atomic mass is 19.4. The molecule has 0 unspecified atom stereocenters. The van der Waals surface area contributed by atoms with Crippen LogP contribution >= 0.6 is 0 Å². The number of pyridine rings is 1. The third-order valence-corrected chi connectivity index (χ3v) is 1.74. The first-order valence-electron chi connectivity index (χ1n) is 3.90. The van der Waals surface area contributed by atoms with Gasteiger partial charge in [0, 0.05) is 0 Å². The predicted molar refractivity (Wildman–Crippen MR) is 42.4 cm³/mol. The quantitative estimate of drug-likeness (QED) is 0.812. The summed E-state index contributed by atoms with van der Waals surface area (Å²) in [5.74, 6) is -2.42. The molecule has 0 amide bonds. The molecule has 0 bridgehead atoms. The summed E-state index contributed by atoms with van der Waals surface area (Å²) in [4.78, 5) is 3.00. The van der Waals surface area contributed by atoms with Gasteiger partial charge in [-0.1, -0.05) is 0 Å². The van der Waals surface area contributed by atoms with E-state index in [0.29, 0.717) is 6.20 Å². The van der Waals surface area contributed by atoms with Gasteiger partial charge in [0.15, 0.2) is 5.75 Å². The Morgan fingerprint density at radius 2 is 1.94 bits per heavy atom. The zero-order valence-corrected chi connectivity index (χ0v) is 7.85. The fraction of sp³-hybridized carbons (Fsp3) is 0.375. The first kappa shape index (κ1) is 12.5. The molecular weight excluding hydrogens is 237 g/mol. The van der Waals surface area contributed by atoms with E-state index in [2.05, 4.69) is 9.72 Å². The van der Waals surface area contributed by atoms with E-state index in [1.165, 1.54) is 0 Å². The third-order valence-electron chi connectivity index (χ3n) is 1.74. The Balaban J connectivity index is 3.51. The van der Waals surface area contributed by atoms with Gasteiger partial charge in [-0.2, -0.15) is 13.2 Å². The number of nitrogens with zero attached hydrogens (tertiary/aromatic N) is 1. The second-order valence-electron chi connectivity index (χ2n) is 2.74. The van der Waals surface area contributed by atoms with Crippen LogP contribution in [0.3, 0.4) is 0 Å². The van der Waals surface area contributed by atoms with Crippen LogP contribution in [0.2, 0.25) is 0 Å². The maximum absolute atomic E-state index is 12.4. The summed E-state index contributed by atoms with van der Waals surface area (Å²) < 4.78 is 66.1. The van der Waals surface area contributed by atoms with Crippen molar-refractivity contribution in [2.75, 3.05) is 7.11 Å². The molecule has 0 aliphatic rings. The van der Waals surface area contributed by atoms with Crippen molar-refractivity contribution in [2.45, 2.75) is 12.6 Å².